The van der Waals surface area contributed by atoms with Crippen LogP contribution in [0.15, 0.2) is 47.4 Å². The third-order valence-corrected chi connectivity index (χ3v) is 4.39. The van der Waals surface area contributed by atoms with Crippen LogP contribution in [0.1, 0.15) is 0 Å². The minimum absolute atomic E-state index is 0.0792. The Hall–Kier alpha value is -2.55. The van der Waals surface area contributed by atoms with E-state index in [1.165, 1.54) is 56.7 Å². The molecule has 9 heteroatoms. The Kier molecular flexibility index (Phi) is 5.45. The Bertz CT molecular complexity index is 811. The van der Waals surface area contributed by atoms with E-state index in [9.17, 15) is 17.2 Å². The summed E-state index contributed by atoms with van der Waals surface area (Å²) >= 11 is 0. The second kappa shape index (κ2) is 7.35. The molecule has 2 aromatic carbocycles. The molecule has 0 amide bonds. The first-order valence-electron chi connectivity index (χ1n) is 6.66. The number of nitrogens with one attached hydrogen (secondary N) is 1. The van der Waals surface area contributed by atoms with Crippen molar-refractivity contribution < 1.29 is 31.4 Å². The van der Waals surface area contributed by atoms with Gasteiger partial charge < -0.3 is 14.2 Å². The van der Waals surface area contributed by atoms with Crippen LogP contribution in [0.2, 0.25) is 0 Å². The van der Waals surface area contributed by atoms with Gasteiger partial charge in [0.1, 0.15) is 22.1 Å². The van der Waals surface area contributed by atoms with Gasteiger partial charge in [-0.3, -0.25) is 4.72 Å². The van der Waals surface area contributed by atoms with Crippen molar-refractivity contribution in [3.63, 3.8) is 0 Å². The van der Waals surface area contributed by atoms with Gasteiger partial charge in [-0.2, -0.15) is 8.78 Å². The van der Waals surface area contributed by atoms with E-state index >= 15 is 0 Å². The van der Waals surface area contributed by atoms with Gasteiger partial charge in [-0.15, -0.1) is 0 Å². The molecular weight excluding hydrogens is 344 g/mol. The zero-order chi connectivity index (χ0) is 17.7. The van der Waals surface area contributed by atoms with E-state index in [0.717, 1.165) is 0 Å². The number of ether oxygens (including phenoxy) is 3. The number of sulfonamides is 1. The van der Waals surface area contributed by atoms with Gasteiger partial charge in [-0.1, -0.05) is 12.1 Å². The van der Waals surface area contributed by atoms with Crippen LogP contribution in [0.4, 0.5) is 14.5 Å². The Morgan fingerprint density at radius 1 is 1.00 bits per heavy atom. The molecule has 1 N–H and O–H groups in total. The lowest BCUT2D eigenvalue weighted by Crippen LogP contribution is -2.15. The quantitative estimate of drug-likeness (QED) is 0.822. The summed E-state index contributed by atoms with van der Waals surface area (Å²) in [4.78, 5) is -0.198. The summed E-state index contributed by atoms with van der Waals surface area (Å²) < 4.78 is 66.6. The molecule has 0 saturated carbocycles. The first-order valence-corrected chi connectivity index (χ1v) is 8.14. The average molecular weight is 359 g/mol. The molecule has 2 aromatic rings. The highest BCUT2D eigenvalue weighted by Gasteiger charge is 2.22. The number of para-hydroxylation sites is 2. The smallest absolute Gasteiger partial charge is 0.387 e. The standard InChI is InChI=1S/C15H15F2NO5S/c1-21-10-7-8-13(22-2)14(9-10)24(19,20)18-11-5-3-4-6-12(11)23-15(16)17/h3-9,15,18H,1-2H3. The van der Waals surface area contributed by atoms with Crippen LogP contribution < -0.4 is 18.9 Å². The van der Waals surface area contributed by atoms with Crippen molar-refractivity contribution in [3.05, 3.63) is 42.5 Å². The zero-order valence-corrected chi connectivity index (χ0v) is 13.6. The molecule has 0 unspecified atom stereocenters. The van der Waals surface area contributed by atoms with E-state index in [0.29, 0.717) is 5.75 Å². The van der Waals surface area contributed by atoms with Gasteiger partial charge in [0.25, 0.3) is 10.0 Å². The maximum Gasteiger partial charge on any atom is 0.387 e. The van der Waals surface area contributed by atoms with E-state index < -0.39 is 16.6 Å². The lowest BCUT2D eigenvalue weighted by molar-refractivity contribution is -0.0493. The predicted octanol–water partition coefficient (Wildman–Crippen LogP) is 3.11. The van der Waals surface area contributed by atoms with Crippen molar-refractivity contribution in [3.8, 4) is 17.2 Å². The van der Waals surface area contributed by atoms with Crippen LogP contribution in [0.3, 0.4) is 0 Å². The van der Waals surface area contributed by atoms with Gasteiger partial charge >= 0.3 is 6.61 Å². The van der Waals surface area contributed by atoms with Crippen molar-refractivity contribution in [2.75, 3.05) is 18.9 Å². The second-order valence-electron chi connectivity index (χ2n) is 4.50. The Morgan fingerprint density at radius 2 is 1.71 bits per heavy atom. The third-order valence-electron chi connectivity index (χ3n) is 3.01. The van der Waals surface area contributed by atoms with Crippen molar-refractivity contribution in [2.45, 2.75) is 11.5 Å². The van der Waals surface area contributed by atoms with Crippen molar-refractivity contribution in [2.24, 2.45) is 0 Å². The molecule has 0 saturated heterocycles. The molecule has 6 nitrogen and oxygen atoms in total. The molecule has 0 atom stereocenters. The minimum Gasteiger partial charge on any atom is -0.497 e. The van der Waals surface area contributed by atoms with Gasteiger partial charge in [0.15, 0.2) is 0 Å². The Balaban J connectivity index is 2.43. The van der Waals surface area contributed by atoms with Crippen LogP contribution in [-0.4, -0.2) is 29.2 Å². The monoisotopic (exact) mass is 359 g/mol. The number of methoxy groups -OCH3 is 2. The highest BCUT2D eigenvalue weighted by molar-refractivity contribution is 7.92. The first-order chi connectivity index (χ1) is 11.4. The first kappa shape index (κ1) is 17.8. The molecular formula is C15H15F2NO5S. The number of hydrogen-bond acceptors (Lipinski definition) is 5. The summed E-state index contributed by atoms with van der Waals surface area (Å²) in [5.41, 5.74) is -0.123. The van der Waals surface area contributed by atoms with Crippen LogP contribution in [-0.2, 0) is 10.0 Å². The summed E-state index contributed by atoms with van der Waals surface area (Å²) in [7, 11) is -1.43. The van der Waals surface area contributed by atoms with Crippen LogP contribution in [0, 0.1) is 0 Å². The van der Waals surface area contributed by atoms with Gasteiger partial charge in [0.2, 0.25) is 0 Å². The van der Waals surface area contributed by atoms with E-state index in [4.69, 9.17) is 9.47 Å². The summed E-state index contributed by atoms with van der Waals surface area (Å²) in [6.07, 6.45) is 0. The minimum atomic E-state index is -4.13. The molecule has 0 aromatic heterocycles. The van der Waals surface area contributed by atoms with Gasteiger partial charge in [-0.05, 0) is 24.3 Å². The van der Waals surface area contributed by atoms with Crippen molar-refractivity contribution >= 4 is 15.7 Å². The molecule has 0 aliphatic heterocycles. The maximum atomic E-state index is 12.6. The molecule has 0 aliphatic rings. The maximum absolute atomic E-state index is 12.6. The zero-order valence-electron chi connectivity index (χ0n) is 12.8. The fourth-order valence-corrected chi connectivity index (χ4v) is 3.20. The van der Waals surface area contributed by atoms with Crippen LogP contribution in [0.25, 0.3) is 0 Å². The molecule has 0 spiro atoms. The van der Waals surface area contributed by atoms with Crippen LogP contribution in [0.5, 0.6) is 17.2 Å². The summed E-state index contributed by atoms with van der Waals surface area (Å²) in [6.45, 7) is -3.08. The SMILES string of the molecule is COc1ccc(OC)c(S(=O)(=O)Nc2ccccc2OC(F)F)c1. The van der Waals surface area contributed by atoms with E-state index in [-0.39, 0.29) is 22.1 Å². The summed E-state index contributed by atoms with van der Waals surface area (Å²) in [6, 6.07) is 9.69. The van der Waals surface area contributed by atoms with Gasteiger partial charge in [-0.25, -0.2) is 8.42 Å². The Labute approximate surface area is 138 Å². The lowest BCUT2D eigenvalue weighted by Gasteiger charge is -2.15. The molecule has 0 bridgehead atoms. The van der Waals surface area contributed by atoms with E-state index in [1.54, 1.807) is 0 Å². The topological polar surface area (TPSA) is 73.9 Å². The number of hydrogen-bond donors (Lipinski definition) is 1. The van der Waals surface area contributed by atoms with E-state index in [2.05, 4.69) is 9.46 Å². The largest absolute Gasteiger partial charge is 0.497 e. The number of halogens is 2. The summed E-state index contributed by atoms with van der Waals surface area (Å²) in [5, 5.41) is 0. The fraction of sp³-hybridized carbons (Fsp3) is 0.200. The normalized spacial score (nSPS) is 11.2. The highest BCUT2D eigenvalue weighted by atomic mass is 32.2. The third kappa shape index (κ3) is 4.05. The Morgan fingerprint density at radius 3 is 2.33 bits per heavy atom. The molecule has 130 valence electrons. The molecule has 0 heterocycles. The highest BCUT2D eigenvalue weighted by Crippen LogP contribution is 2.32. The number of anilines is 1. The van der Waals surface area contributed by atoms with Crippen molar-refractivity contribution in [1.82, 2.24) is 0 Å². The number of rotatable bonds is 7. The molecule has 0 fully saturated rings. The van der Waals surface area contributed by atoms with E-state index in [1.807, 2.05) is 0 Å². The van der Waals surface area contributed by atoms with Crippen molar-refractivity contribution in [1.29, 1.82) is 0 Å². The average Bonchev–Trinajstić information content (AvgIpc) is 2.55. The summed E-state index contributed by atoms with van der Waals surface area (Å²) in [5.74, 6) is 0.0850. The van der Waals surface area contributed by atoms with Crippen LogP contribution >= 0.6 is 0 Å². The van der Waals surface area contributed by atoms with Gasteiger partial charge in [0.05, 0.1) is 19.9 Å². The molecule has 24 heavy (non-hydrogen) atoms. The second-order valence-corrected chi connectivity index (χ2v) is 6.15. The van der Waals surface area contributed by atoms with Gasteiger partial charge in [0, 0.05) is 6.07 Å². The molecule has 0 aliphatic carbocycles. The number of alkyl halides is 2. The molecule has 0 radical (unpaired) electrons. The lowest BCUT2D eigenvalue weighted by atomic mass is 10.3. The number of benzene rings is 2. The molecule has 2 rings (SSSR count). The fourth-order valence-electron chi connectivity index (χ4n) is 1.94. The predicted molar refractivity (Wildman–Crippen MR) is 83.4 cm³/mol.